The third kappa shape index (κ3) is 4.31. The van der Waals surface area contributed by atoms with Gasteiger partial charge in [0.25, 0.3) is 0 Å². The van der Waals surface area contributed by atoms with Crippen LogP contribution >= 0.6 is 0 Å². The SMILES string of the molecule is Nc1nc(NC2CCN(Cc3ccccc3)CC2)cc(C2CCOC2)n1. The summed E-state index contributed by atoms with van der Waals surface area (Å²) in [5, 5.41) is 3.57. The Kier molecular flexibility index (Phi) is 5.32. The van der Waals surface area contributed by atoms with E-state index in [1.165, 1.54) is 5.56 Å². The summed E-state index contributed by atoms with van der Waals surface area (Å²) in [7, 11) is 0. The largest absolute Gasteiger partial charge is 0.381 e. The van der Waals surface area contributed by atoms with Crippen LogP contribution in [0, 0.1) is 0 Å². The number of likely N-dealkylation sites (tertiary alicyclic amines) is 1. The number of benzene rings is 1. The molecule has 2 saturated heterocycles. The van der Waals surface area contributed by atoms with Gasteiger partial charge in [-0.1, -0.05) is 30.3 Å². The minimum absolute atomic E-state index is 0.341. The van der Waals surface area contributed by atoms with Gasteiger partial charge in [-0.05, 0) is 24.8 Å². The lowest BCUT2D eigenvalue weighted by molar-refractivity contribution is 0.193. The van der Waals surface area contributed by atoms with Gasteiger partial charge in [0.1, 0.15) is 5.82 Å². The molecule has 2 fully saturated rings. The van der Waals surface area contributed by atoms with Crippen molar-refractivity contribution in [2.45, 2.75) is 37.8 Å². The van der Waals surface area contributed by atoms with E-state index in [4.69, 9.17) is 10.5 Å². The highest BCUT2D eigenvalue weighted by Crippen LogP contribution is 2.26. The molecule has 1 aromatic carbocycles. The Morgan fingerprint density at radius 1 is 1.12 bits per heavy atom. The van der Waals surface area contributed by atoms with Crippen molar-refractivity contribution in [2.75, 3.05) is 37.4 Å². The average molecular weight is 353 g/mol. The smallest absolute Gasteiger partial charge is 0.222 e. The van der Waals surface area contributed by atoms with Crippen molar-refractivity contribution in [1.82, 2.24) is 14.9 Å². The molecule has 3 N–H and O–H groups in total. The maximum absolute atomic E-state index is 5.93. The van der Waals surface area contributed by atoms with Gasteiger partial charge in [0.05, 0.1) is 12.3 Å². The second-order valence-corrected chi connectivity index (χ2v) is 7.28. The van der Waals surface area contributed by atoms with Crippen LogP contribution in [0.4, 0.5) is 11.8 Å². The van der Waals surface area contributed by atoms with E-state index in [0.717, 1.165) is 63.6 Å². The number of nitrogens with zero attached hydrogens (tertiary/aromatic N) is 3. The first-order valence-corrected chi connectivity index (χ1v) is 9.51. The van der Waals surface area contributed by atoms with Gasteiger partial charge in [-0.15, -0.1) is 0 Å². The molecule has 6 heteroatoms. The minimum Gasteiger partial charge on any atom is -0.381 e. The average Bonchev–Trinajstić information content (AvgIpc) is 3.19. The van der Waals surface area contributed by atoms with Crippen LogP contribution in [0.15, 0.2) is 36.4 Å². The van der Waals surface area contributed by atoms with E-state index in [9.17, 15) is 0 Å². The molecule has 0 bridgehead atoms. The summed E-state index contributed by atoms with van der Waals surface area (Å²) < 4.78 is 5.47. The first kappa shape index (κ1) is 17.2. The molecule has 6 nitrogen and oxygen atoms in total. The van der Waals surface area contributed by atoms with E-state index in [0.29, 0.717) is 17.9 Å². The summed E-state index contributed by atoms with van der Waals surface area (Å²) in [5.74, 6) is 1.54. The van der Waals surface area contributed by atoms with Crippen LogP contribution in [0.25, 0.3) is 0 Å². The number of aromatic nitrogens is 2. The Balaban J connectivity index is 1.32. The Morgan fingerprint density at radius 2 is 1.92 bits per heavy atom. The number of nitrogen functional groups attached to an aromatic ring is 1. The lowest BCUT2D eigenvalue weighted by Crippen LogP contribution is -2.38. The standard InChI is InChI=1S/C20H27N5O/c21-20-23-18(16-8-11-26-14-16)12-19(24-20)22-17-6-9-25(10-7-17)13-15-4-2-1-3-5-15/h1-5,12,16-17H,6-11,13-14H2,(H3,21,22,23,24). The van der Waals surface area contributed by atoms with Gasteiger partial charge in [0.15, 0.2) is 0 Å². The van der Waals surface area contributed by atoms with Crippen LogP contribution in [0.5, 0.6) is 0 Å². The van der Waals surface area contributed by atoms with Gasteiger partial charge in [0, 0.05) is 44.3 Å². The first-order valence-electron chi connectivity index (χ1n) is 9.51. The Bertz CT molecular complexity index is 709. The molecule has 0 aliphatic carbocycles. The lowest BCUT2D eigenvalue weighted by Gasteiger charge is -2.32. The molecule has 2 aliphatic rings. The Morgan fingerprint density at radius 3 is 2.65 bits per heavy atom. The van der Waals surface area contributed by atoms with Gasteiger partial charge >= 0.3 is 0 Å². The molecule has 138 valence electrons. The molecular weight excluding hydrogens is 326 g/mol. The fourth-order valence-corrected chi connectivity index (χ4v) is 3.82. The van der Waals surface area contributed by atoms with Crippen molar-refractivity contribution in [3.05, 3.63) is 47.7 Å². The molecule has 26 heavy (non-hydrogen) atoms. The lowest BCUT2D eigenvalue weighted by atomic mass is 10.0. The summed E-state index contributed by atoms with van der Waals surface area (Å²) in [6.07, 6.45) is 3.23. The monoisotopic (exact) mass is 353 g/mol. The van der Waals surface area contributed by atoms with Gasteiger partial charge in [-0.2, -0.15) is 4.98 Å². The maximum atomic E-state index is 5.93. The molecule has 0 saturated carbocycles. The summed E-state index contributed by atoms with van der Waals surface area (Å²) in [5.41, 5.74) is 8.31. The molecule has 0 spiro atoms. The van der Waals surface area contributed by atoms with E-state index in [1.54, 1.807) is 0 Å². The van der Waals surface area contributed by atoms with Gasteiger partial charge in [0.2, 0.25) is 5.95 Å². The molecule has 2 aliphatic heterocycles. The Hall–Kier alpha value is -2.18. The highest BCUT2D eigenvalue weighted by atomic mass is 16.5. The van der Waals surface area contributed by atoms with E-state index < -0.39 is 0 Å². The number of ether oxygens (including phenoxy) is 1. The van der Waals surface area contributed by atoms with Crippen molar-refractivity contribution < 1.29 is 4.74 Å². The maximum Gasteiger partial charge on any atom is 0.222 e. The summed E-state index contributed by atoms with van der Waals surface area (Å²) >= 11 is 0. The van der Waals surface area contributed by atoms with Crippen molar-refractivity contribution in [3.63, 3.8) is 0 Å². The van der Waals surface area contributed by atoms with Crippen LogP contribution in [0.1, 0.15) is 36.4 Å². The summed E-state index contributed by atoms with van der Waals surface area (Å²) in [4.78, 5) is 11.3. The van der Waals surface area contributed by atoms with Crippen LogP contribution in [-0.2, 0) is 11.3 Å². The number of hydrogen-bond acceptors (Lipinski definition) is 6. The van der Waals surface area contributed by atoms with E-state index in [2.05, 4.69) is 50.5 Å². The first-order chi connectivity index (χ1) is 12.8. The number of hydrogen-bond donors (Lipinski definition) is 2. The second kappa shape index (κ2) is 8.01. The van der Waals surface area contributed by atoms with E-state index >= 15 is 0 Å². The third-order valence-corrected chi connectivity index (χ3v) is 5.30. The minimum atomic E-state index is 0.341. The predicted octanol–water partition coefficient (Wildman–Crippen LogP) is 2.64. The van der Waals surface area contributed by atoms with Crippen LogP contribution in [-0.4, -0.2) is 47.2 Å². The number of anilines is 2. The van der Waals surface area contributed by atoms with E-state index in [1.807, 2.05) is 6.07 Å². The number of nitrogens with two attached hydrogens (primary N) is 1. The van der Waals surface area contributed by atoms with Gasteiger partial charge in [-0.25, -0.2) is 4.98 Å². The second-order valence-electron chi connectivity index (χ2n) is 7.28. The topological polar surface area (TPSA) is 76.3 Å². The zero-order valence-corrected chi connectivity index (χ0v) is 15.1. The molecule has 1 aromatic heterocycles. The number of rotatable bonds is 5. The molecular formula is C20H27N5O. The third-order valence-electron chi connectivity index (χ3n) is 5.30. The van der Waals surface area contributed by atoms with E-state index in [-0.39, 0.29) is 0 Å². The highest BCUT2D eigenvalue weighted by molar-refractivity contribution is 5.42. The molecule has 2 aromatic rings. The van der Waals surface area contributed by atoms with Gasteiger partial charge < -0.3 is 15.8 Å². The summed E-state index contributed by atoms with van der Waals surface area (Å²) in [6, 6.07) is 13.2. The van der Waals surface area contributed by atoms with Crippen molar-refractivity contribution >= 4 is 11.8 Å². The zero-order chi connectivity index (χ0) is 17.8. The summed E-state index contributed by atoms with van der Waals surface area (Å²) in [6.45, 7) is 4.75. The number of piperidine rings is 1. The fourth-order valence-electron chi connectivity index (χ4n) is 3.82. The molecule has 0 amide bonds. The van der Waals surface area contributed by atoms with Crippen molar-refractivity contribution in [3.8, 4) is 0 Å². The molecule has 1 atom stereocenters. The predicted molar refractivity (Wildman–Crippen MR) is 103 cm³/mol. The van der Waals surface area contributed by atoms with Crippen molar-refractivity contribution in [1.29, 1.82) is 0 Å². The highest BCUT2D eigenvalue weighted by Gasteiger charge is 2.22. The number of nitrogens with one attached hydrogen (secondary N) is 1. The van der Waals surface area contributed by atoms with Gasteiger partial charge in [-0.3, -0.25) is 4.90 Å². The normalized spacial score (nSPS) is 21.8. The molecule has 3 heterocycles. The van der Waals surface area contributed by atoms with Crippen LogP contribution in [0.3, 0.4) is 0 Å². The molecule has 4 rings (SSSR count). The molecule has 1 unspecified atom stereocenters. The fraction of sp³-hybridized carbons (Fsp3) is 0.500. The van der Waals surface area contributed by atoms with Crippen LogP contribution in [0.2, 0.25) is 0 Å². The Labute approximate surface area is 154 Å². The zero-order valence-electron chi connectivity index (χ0n) is 15.1. The quantitative estimate of drug-likeness (QED) is 0.861. The van der Waals surface area contributed by atoms with Crippen LogP contribution < -0.4 is 11.1 Å². The van der Waals surface area contributed by atoms with Crippen molar-refractivity contribution in [2.24, 2.45) is 0 Å². The molecule has 0 radical (unpaired) electrons.